The second-order valence-electron chi connectivity index (χ2n) is 8.72. The maximum absolute atomic E-state index is 13.1. The predicted molar refractivity (Wildman–Crippen MR) is 107 cm³/mol. The largest absolute Gasteiger partial charge is 0.481 e. The van der Waals surface area contributed by atoms with Crippen LogP contribution in [0.1, 0.15) is 30.4 Å². The van der Waals surface area contributed by atoms with Gasteiger partial charge in [0.15, 0.2) is 0 Å². The molecule has 1 aromatic rings. The van der Waals surface area contributed by atoms with E-state index in [-0.39, 0.29) is 30.8 Å². The van der Waals surface area contributed by atoms with Gasteiger partial charge in [-0.3, -0.25) is 9.59 Å². The standard InChI is InChI=1S/C21H28N2O5S/c1-13-3-4-14(2)17(11-13)29(27,28)23-9-7-22(8-10-23)20(24)18-15-5-6-16(12-15)19(18)21(25)26/h3-4,11,15-16,18-19H,5-10,12H2,1-2H3,(H,25,26)/t15-,16+,18-,19+/m1/s1. The highest BCUT2D eigenvalue weighted by molar-refractivity contribution is 7.89. The molecule has 3 fully saturated rings. The van der Waals surface area contributed by atoms with Crippen LogP contribution >= 0.6 is 0 Å². The van der Waals surface area contributed by atoms with E-state index in [1.807, 2.05) is 19.1 Å². The van der Waals surface area contributed by atoms with Crippen molar-refractivity contribution in [3.63, 3.8) is 0 Å². The molecule has 1 saturated heterocycles. The molecule has 0 radical (unpaired) electrons. The lowest BCUT2D eigenvalue weighted by Crippen LogP contribution is -2.53. The molecule has 1 N–H and O–H groups in total. The Balaban J connectivity index is 1.46. The molecule has 0 spiro atoms. The molecule has 2 bridgehead atoms. The molecule has 0 unspecified atom stereocenters. The number of fused-ring (bicyclic) bond motifs is 2. The second-order valence-corrected chi connectivity index (χ2v) is 10.6. The molecule has 4 rings (SSSR count). The van der Waals surface area contributed by atoms with E-state index in [4.69, 9.17) is 0 Å². The number of amides is 1. The number of nitrogens with zero attached hydrogens (tertiary/aromatic N) is 2. The Hall–Kier alpha value is -1.93. The van der Waals surface area contributed by atoms with Crippen molar-refractivity contribution in [2.24, 2.45) is 23.7 Å². The van der Waals surface area contributed by atoms with Crippen LogP contribution in [0, 0.1) is 37.5 Å². The minimum absolute atomic E-state index is 0.103. The minimum atomic E-state index is -3.61. The topological polar surface area (TPSA) is 95.0 Å². The maximum Gasteiger partial charge on any atom is 0.307 e. The lowest BCUT2D eigenvalue weighted by Gasteiger charge is -2.38. The second kappa shape index (κ2) is 7.40. The zero-order valence-corrected chi connectivity index (χ0v) is 17.7. The van der Waals surface area contributed by atoms with Gasteiger partial charge < -0.3 is 10.0 Å². The van der Waals surface area contributed by atoms with E-state index in [9.17, 15) is 23.1 Å². The van der Waals surface area contributed by atoms with Crippen molar-refractivity contribution in [2.45, 2.75) is 38.0 Å². The van der Waals surface area contributed by atoms with E-state index >= 15 is 0 Å². The van der Waals surface area contributed by atoms with E-state index in [1.165, 1.54) is 4.31 Å². The van der Waals surface area contributed by atoms with Gasteiger partial charge in [0.1, 0.15) is 0 Å². The van der Waals surface area contributed by atoms with E-state index in [2.05, 4.69) is 0 Å². The van der Waals surface area contributed by atoms with Crippen LogP contribution in [0.3, 0.4) is 0 Å². The average molecular weight is 421 g/mol. The number of aliphatic carboxylic acids is 1. The van der Waals surface area contributed by atoms with Crippen LogP contribution in [-0.2, 0) is 19.6 Å². The van der Waals surface area contributed by atoms with Crippen molar-refractivity contribution in [3.8, 4) is 0 Å². The Morgan fingerprint density at radius 1 is 1.00 bits per heavy atom. The van der Waals surface area contributed by atoms with Gasteiger partial charge in [-0.2, -0.15) is 4.31 Å². The van der Waals surface area contributed by atoms with Gasteiger partial charge in [-0.25, -0.2) is 8.42 Å². The maximum atomic E-state index is 13.1. The van der Waals surface area contributed by atoms with Crippen molar-refractivity contribution in [2.75, 3.05) is 26.2 Å². The first kappa shape index (κ1) is 20.3. The van der Waals surface area contributed by atoms with Crippen molar-refractivity contribution >= 4 is 21.9 Å². The first-order chi connectivity index (χ1) is 13.7. The number of aryl methyl sites for hydroxylation is 2. The van der Waals surface area contributed by atoms with Gasteiger partial charge in [0.05, 0.1) is 16.7 Å². The Kier molecular flexibility index (Phi) is 5.19. The summed E-state index contributed by atoms with van der Waals surface area (Å²) in [4.78, 5) is 26.8. The van der Waals surface area contributed by atoms with Gasteiger partial charge in [0.2, 0.25) is 15.9 Å². The molecule has 3 aliphatic rings. The van der Waals surface area contributed by atoms with Gasteiger partial charge in [0, 0.05) is 26.2 Å². The third-order valence-electron chi connectivity index (χ3n) is 7.00. The first-order valence-electron chi connectivity index (χ1n) is 10.3. The van der Waals surface area contributed by atoms with E-state index in [0.29, 0.717) is 23.5 Å². The fraction of sp³-hybridized carbons (Fsp3) is 0.619. The van der Waals surface area contributed by atoms with Crippen LogP contribution in [-0.4, -0.2) is 60.8 Å². The van der Waals surface area contributed by atoms with Crippen LogP contribution in [0.4, 0.5) is 0 Å². The molecule has 1 heterocycles. The number of carboxylic acid groups (broad SMARTS) is 1. The molecule has 1 aliphatic heterocycles. The number of carboxylic acids is 1. The number of hydrogen-bond donors (Lipinski definition) is 1. The minimum Gasteiger partial charge on any atom is -0.481 e. The summed E-state index contributed by atoms with van der Waals surface area (Å²) in [6.07, 6.45) is 2.65. The Morgan fingerprint density at radius 2 is 1.62 bits per heavy atom. The average Bonchev–Trinajstić information content (AvgIpc) is 3.31. The number of rotatable bonds is 4. The molecule has 1 aromatic carbocycles. The highest BCUT2D eigenvalue weighted by atomic mass is 32.2. The third kappa shape index (κ3) is 3.46. The fourth-order valence-electron chi connectivity index (χ4n) is 5.49. The van der Waals surface area contributed by atoms with E-state index in [1.54, 1.807) is 17.9 Å². The van der Waals surface area contributed by atoms with Gasteiger partial charge in [-0.15, -0.1) is 0 Å². The Labute approximate surface area is 171 Å². The normalized spacial score (nSPS) is 29.9. The lowest BCUT2D eigenvalue weighted by atomic mass is 9.78. The number of piperazine rings is 1. The molecular weight excluding hydrogens is 392 g/mol. The zero-order valence-electron chi connectivity index (χ0n) is 16.9. The molecule has 2 saturated carbocycles. The van der Waals surface area contributed by atoms with Gasteiger partial charge in [-0.05, 0) is 62.1 Å². The molecule has 1 amide bonds. The van der Waals surface area contributed by atoms with Crippen LogP contribution in [0.5, 0.6) is 0 Å². The van der Waals surface area contributed by atoms with Crippen LogP contribution in [0.2, 0.25) is 0 Å². The third-order valence-corrected chi connectivity index (χ3v) is 9.04. The zero-order chi connectivity index (χ0) is 20.9. The highest BCUT2D eigenvalue weighted by Gasteiger charge is 2.55. The number of sulfonamides is 1. The molecule has 29 heavy (non-hydrogen) atoms. The monoisotopic (exact) mass is 420 g/mol. The molecule has 8 heteroatoms. The van der Waals surface area contributed by atoms with Crippen LogP contribution in [0.25, 0.3) is 0 Å². The summed E-state index contributed by atoms with van der Waals surface area (Å²) in [5.74, 6) is -1.74. The molecule has 7 nitrogen and oxygen atoms in total. The molecule has 158 valence electrons. The Morgan fingerprint density at radius 3 is 2.24 bits per heavy atom. The van der Waals surface area contributed by atoms with Crippen molar-refractivity contribution in [1.82, 2.24) is 9.21 Å². The SMILES string of the molecule is Cc1ccc(C)c(S(=O)(=O)N2CCN(C(=O)[C@@H]3[C@@H]4CC[C@@H](C4)[C@@H]3C(=O)O)CC2)c1. The lowest BCUT2D eigenvalue weighted by molar-refractivity contribution is -0.153. The summed E-state index contributed by atoms with van der Waals surface area (Å²) in [7, 11) is -3.61. The van der Waals surface area contributed by atoms with Gasteiger partial charge >= 0.3 is 5.97 Å². The molecule has 2 aliphatic carbocycles. The number of carbonyl (C=O) groups is 2. The fourth-order valence-corrected chi connectivity index (χ4v) is 7.22. The number of hydrogen-bond acceptors (Lipinski definition) is 4. The van der Waals surface area contributed by atoms with Crippen LogP contribution < -0.4 is 0 Å². The molecular formula is C21H28N2O5S. The summed E-state index contributed by atoms with van der Waals surface area (Å²) in [6, 6.07) is 5.39. The highest BCUT2D eigenvalue weighted by Crippen LogP contribution is 2.53. The summed E-state index contributed by atoms with van der Waals surface area (Å²) in [5.41, 5.74) is 1.60. The number of carbonyl (C=O) groups excluding carboxylic acids is 1. The molecule has 4 atom stereocenters. The quantitative estimate of drug-likeness (QED) is 0.803. The van der Waals surface area contributed by atoms with Crippen molar-refractivity contribution < 1.29 is 23.1 Å². The summed E-state index contributed by atoms with van der Waals surface area (Å²) in [5, 5.41) is 9.62. The van der Waals surface area contributed by atoms with Crippen LogP contribution in [0.15, 0.2) is 23.1 Å². The van der Waals surface area contributed by atoms with Crippen molar-refractivity contribution in [3.05, 3.63) is 29.3 Å². The van der Waals surface area contributed by atoms with E-state index in [0.717, 1.165) is 24.8 Å². The predicted octanol–water partition coefficient (Wildman–Crippen LogP) is 1.88. The molecule has 0 aromatic heterocycles. The van der Waals surface area contributed by atoms with Gasteiger partial charge in [-0.1, -0.05) is 12.1 Å². The smallest absolute Gasteiger partial charge is 0.307 e. The van der Waals surface area contributed by atoms with E-state index < -0.39 is 27.8 Å². The first-order valence-corrected chi connectivity index (χ1v) is 11.7. The van der Waals surface area contributed by atoms with Crippen molar-refractivity contribution in [1.29, 1.82) is 0 Å². The summed E-state index contributed by atoms with van der Waals surface area (Å²) >= 11 is 0. The van der Waals surface area contributed by atoms with Gasteiger partial charge in [0.25, 0.3) is 0 Å². The summed E-state index contributed by atoms with van der Waals surface area (Å²) in [6.45, 7) is 4.74. The number of benzene rings is 1. The Bertz CT molecular complexity index is 936. The summed E-state index contributed by atoms with van der Waals surface area (Å²) < 4.78 is 27.6.